The zero-order valence-electron chi connectivity index (χ0n) is 8.57. The Morgan fingerprint density at radius 3 is 3.06 bits per heavy atom. The molecule has 1 aliphatic heterocycles. The number of nitrogens with zero attached hydrogens (tertiary/aromatic N) is 1. The lowest BCUT2D eigenvalue weighted by atomic mass is 10.2. The molecule has 0 spiro atoms. The molecule has 0 bridgehead atoms. The summed E-state index contributed by atoms with van der Waals surface area (Å²) in [6.45, 7) is 1.77. The normalized spacial score (nSPS) is 18.9. The molecule has 1 saturated heterocycles. The van der Waals surface area contributed by atoms with Gasteiger partial charge in [0.25, 0.3) is 5.91 Å². The standard InChI is InChI=1S/C10H12ClN3O.ClH/c11-9-8(2-1-4-13-9)10(15)14-7-3-5-12-6-7;/h1-2,4,7,12H,3,5-6H2,(H,14,15);1H/t7-;/m1./s1. The van der Waals surface area contributed by atoms with Crippen LogP contribution in [0, 0.1) is 0 Å². The predicted molar refractivity (Wildman–Crippen MR) is 65.2 cm³/mol. The van der Waals surface area contributed by atoms with Gasteiger partial charge >= 0.3 is 0 Å². The van der Waals surface area contributed by atoms with E-state index in [1.54, 1.807) is 18.3 Å². The van der Waals surface area contributed by atoms with E-state index in [-0.39, 0.29) is 29.5 Å². The molecule has 1 aromatic heterocycles. The van der Waals surface area contributed by atoms with Gasteiger partial charge in [0.05, 0.1) is 5.56 Å². The first-order valence-electron chi connectivity index (χ1n) is 4.89. The largest absolute Gasteiger partial charge is 0.348 e. The molecule has 2 N–H and O–H groups in total. The van der Waals surface area contributed by atoms with Crippen LogP contribution < -0.4 is 10.6 Å². The Balaban J connectivity index is 0.00000128. The van der Waals surface area contributed by atoms with E-state index in [9.17, 15) is 4.79 Å². The van der Waals surface area contributed by atoms with Crippen LogP contribution in [-0.4, -0.2) is 30.0 Å². The lowest BCUT2D eigenvalue weighted by molar-refractivity contribution is 0.0940. The zero-order chi connectivity index (χ0) is 10.7. The van der Waals surface area contributed by atoms with Crippen LogP contribution in [0.2, 0.25) is 5.15 Å². The number of rotatable bonds is 2. The highest BCUT2D eigenvalue weighted by atomic mass is 35.5. The summed E-state index contributed by atoms with van der Waals surface area (Å²) in [5.41, 5.74) is 0.436. The molecule has 16 heavy (non-hydrogen) atoms. The minimum absolute atomic E-state index is 0. The van der Waals surface area contributed by atoms with Crippen LogP contribution >= 0.6 is 24.0 Å². The molecule has 1 aromatic rings. The lowest BCUT2D eigenvalue weighted by Crippen LogP contribution is -2.36. The molecule has 1 amide bonds. The van der Waals surface area contributed by atoms with Gasteiger partial charge in [-0.25, -0.2) is 4.98 Å². The van der Waals surface area contributed by atoms with E-state index in [2.05, 4.69) is 15.6 Å². The molecule has 0 radical (unpaired) electrons. The van der Waals surface area contributed by atoms with E-state index >= 15 is 0 Å². The average Bonchev–Trinajstić information content (AvgIpc) is 2.71. The summed E-state index contributed by atoms with van der Waals surface area (Å²) in [6, 6.07) is 3.58. The summed E-state index contributed by atoms with van der Waals surface area (Å²) >= 11 is 5.82. The molecule has 1 fully saturated rings. The van der Waals surface area contributed by atoms with Gasteiger partial charge in [0.1, 0.15) is 5.15 Å². The summed E-state index contributed by atoms with van der Waals surface area (Å²) in [5, 5.41) is 6.34. The van der Waals surface area contributed by atoms with Crippen molar-refractivity contribution in [2.45, 2.75) is 12.5 Å². The quantitative estimate of drug-likeness (QED) is 0.789. The fourth-order valence-electron chi connectivity index (χ4n) is 1.60. The Kier molecular flexibility index (Phi) is 4.99. The highest BCUT2D eigenvalue weighted by Gasteiger charge is 2.18. The fourth-order valence-corrected chi connectivity index (χ4v) is 1.80. The first-order valence-corrected chi connectivity index (χ1v) is 5.27. The summed E-state index contributed by atoms with van der Waals surface area (Å²) in [6.07, 6.45) is 2.53. The molecule has 1 aliphatic rings. The van der Waals surface area contributed by atoms with E-state index in [1.807, 2.05) is 0 Å². The van der Waals surface area contributed by atoms with Gasteiger partial charge in [-0.2, -0.15) is 0 Å². The second kappa shape index (κ2) is 6.03. The molecule has 0 saturated carbocycles. The Hall–Kier alpha value is -0.840. The van der Waals surface area contributed by atoms with Crippen molar-refractivity contribution in [2.75, 3.05) is 13.1 Å². The summed E-state index contributed by atoms with van der Waals surface area (Å²) < 4.78 is 0. The number of pyridine rings is 1. The van der Waals surface area contributed by atoms with Crippen molar-refractivity contribution in [1.29, 1.82) is 0 Å². The third kappa shape index (κ3) is 3.07. The number of carbonyl (C=O) groups excluding carboxylic acids is 1. The minimum atomic E-state index is -0.151. The molecule has 2 heterocycles. The van der Waals surface area contributed by atoms with Crippen molar-refractivity contribution < 1.29 is 4.79 Å². The number of nitrogens with one attached hydrogen (secondary N) is 2. The van der Waals surface area contributed by atoms with E-state index in [0.717, 1.165) is 19.5 Å². The van der Waals surface area contributed by atoms with Crippen molar-refractivity contribution in [3.8, 4) is 0 Å². The first kappa shape index (κ1) is 13.2. The van der Waals surface area contributed by atoms with Crippen LogP contribution in [0.3, 0.4) is 0 Å². The predicted octanol–water partition coefficient (Wildman–Crippen LogP) is 1.25. The monoisotopic (exact) mass is 261 g/mol. The highest BCUT2D eigenvalue weighted by Crippen LogP contribution is 2.11. The number of aromatic nitrogens is 1. The van der Waals surface area contributed by atoms with Gasteiger partial charge in [0.2, 0.25) is 0 Å². The van der Waals surface area contributed by atoms with Crippen LogP contribution in [-0.2, 0) is 0 Å². The van der Waals surface area contributed by atoms with Gasteiger partial charge < -0.3 is 10.6 Å². The maximum absolute atomic E-state index is 11.8. The van der Waals surface area contributed by atoms with Gasteiger partial charge in [0.15, 0.2) is 0 Å². The maximum atomic E-state index is 11.8. The zero-order valence-corrected chi connectivity index (χ0v) is 10.1. The Bertz CT molecular complexity index is 367. The number of hydrogen-bond donors (Lipinski definition) is 2. The molecule has 0 unspecified atom stereocenters. The third-order valence-electron chi connectivity index (χ3n) is 2.40. The molecule has 0 aliphatic carbocycles. The van der Waals surface area contributed by atoms with Crippen molar-refractivity contribution in [1.82, 2.24) is 15.6 Å². The SMILES string of the molecule is Cl.O=C(N[C@@H]1CCNC1)c1cccnc1Cl. The van der Waals surface area contributed by atoms with Crippen molar-refractivity contribution in [3.05, 3.63) is 29.0 Å². The Morgan fingerprint density at radius 1 is 1.62 bits per heavy atom. The minimum Gasteiger partial charge on any atom is -0.348 e. The highest BCUT2D eigenvalue weighted by molar-refractivity contribution is 6.32. The van der Waals surface area contributed by atoms with E-state index in [0.29, 0.717) is 5.56 Å². The van der Waals surface area contributed by atoms with E-state index in [4.69, 9.17) is 11.6 Å². The Morgan fingerprint density at radius 2 is 2.44 bits per heavy atom. The van der Waals surface area contributed by atoms with Crippen LogP contribution in [0.1, 0.15) is 16.8 Å². The summed E-state index contributed by atoms with van der Waals surface area (Å²) in [7, 11) is 0. The molecule has 1 atom stereocenters. The topological polar surface area (TPSA) is 54.0 Å². The van der Waals surface area contributed by atoms with Crippen LogP contribution in [0.15, 0.2) is 18.3 Å². The Labute approximate surface area is 105 Å². The number of amides is 1. The molecular formula is C10H13Cl2N3O. The van der Waals surface area contributed by atoms with Crippen molar-refractivity contribution in [3.63, 3.8) is 0 Å². The molecule has 88 valence electrons. The second-order valence-corrected chi connectivity index (χ2v) is 3.86. The molecule has 2 rings (SSSR count). The maximum Gasteiger partial charge on any atom is 0.254 e. The van der Waals surface area contributed by atoms with E-state index < -0.39 is 0 Å². The first-order chi connectivity index (χ1) is 7.27. The lowest BCUT2D eigenvalue weighted by Gasteiger charge is -2.11. The number of halogens is 2. The molecule has 4 nitrogen and oxygen atoms in total. The summed E-state index contributed by atoms with van der Waals surface area (Å²) in [4.78, 5) is 15.6. The molecule has 6 heteroatoms. The van der Waals surface area contributed by atoms with Gasteiger partial charge in [-0.3, -0.25) is 4.79 Å². The number of hydrogen-bond acceptors (Lipinski definition) is 3. The number of carbonyl (C=O) groups is 1. The van der Waals surface area contributed by atoms with Crippen molar-refractivity contribution in [2.24, 2.45) is 0 Å². The van der Waals surface area contributed by atoms with Crippen LogP contribution in [0.25, 0.3) is 0 Å². The van der Waals surface area contributed by atoms with E-state index in [1.165, 1.54) is 0 Å². The fraction of sp³-hybridized carbons (Fsp3) is 0.400. The van der Waals surface area contributed by atoms with Gasteiger partial charge in [-0.05, 0) is 25.1 Å². The second-order valence-electron chi connectivity index (χ2n) is 3.50. The van der Waals surface area contributed by atoms with Crippen LogP contribution in [0.4, 0.5) is 0 Å². The van der Waals surface area contributed by atoms with Crippen LogP contribution in [0.5, 0.6) is 0 Å². The average molecular weight is 262 g/mol. The van der Waals surface area contributed by atoms with Crippen molar-refractivity contribution >= 4 is 29.9 Å². The third-order valence-corrected chi connectivity index (χ3v) is 2.70. The van der Waals surface area contributed by atoms with Gasteiger partial charge in [0, 0.05) is 18.8 Å². The van der Waals surface area contributed by atoms with Gasteiger partial charge in [-0.15, -0.1) is 12.4 Å². The smallest absolute Gasteiger partial charge is 0.254 e. The summed E-state index contributed by atoms with van der Waals surface area (Å²) in [5.74, 6) is -0.151. The van der Waals surface area contributed by atoms with Gasteiger partial charge in [-0.1, -0.05) is 11.6 Å². The molecular weight excluding hydrogens is 249 g/mol. The molecule has 0 aromatic carbocycles.